The number of carbonyl (C=O) groups excluding carboxylic acids is 1. The van der Waals surface area contributed by atoms with Gasteiger partial charge < -0.3 is 14.4 Å². The van der Waals surface area contributed by atoms with Crippen LogP contribution in [0.1, 0.15) is 55.6 Å². The number of piperidine rings is 1. The molecule has 136 valence electrons. The number of amides is 1. The second kappa shape index (κ2) is 7.88. The molecule has 2 saturated heterocycles. The van der Waals surface area contributed by atoms with Gasteiger partial charge in [-0.1, -0.05) is 24.3 Å². The third kappa shape index (κ3) is 3.90. The van der Waals surface area contributed by atoms with E-state index in [1.54, 1.807) is 0 Å². The van der Waals surface area contributed by atoms with E-state index in [2.05, 4.69) is 29.2 Å². The zero-order chi connectivity index (χ0) is 17.1. The van der Waals surface area contributed by atoms with Crippen LogP contribution in [0, 0.1) is 0 Å². The van der Waals surface area contributed by atoms with Crippen LogP contribution in [0.15, 0.2) is 24.3 Å². The van der Waals surface area contributed by atoms with Crippen molar-refractivity contribution in [2.75, 3.05) is 26.3 Å². The maximum Gasteiger partial charge on any atom is 0.230 e. The average molecular weight is 343 g/mol. The summed E-state index contributed by atoms with van der Waals surface area (Å²) in [5.41, 5.74) is 2.63. The molecule has 2 aliphatic heterocycles. The molecular formula is C21H29NO3. The third-order valence-corrected chi connectivity index (χ3v) is 5.97. The summed E-state index contributed by atoms with van der Waals surface area (Å²) in [4.78, 5) is 15.2. The Bertz CT molecular complexity index is 589. The smallest absolute Gasteiger partial charge is 0.230 e. The number of fused-ring (bicyclic) bond motifs is 1. The summed E-state index contributed by atoms with van der Waals surface area (Å²) in [6.07, 6.45) is 7.86. The van der Waals surface area contributed by atoms with Gasteiger partial charge in [0, 0.05) is 26.3 Å². The van der Waals surface area contributed by atoms with Gasteiger partial charge in [-0.3, -0.25) is 4.79 Å². The van der Waals surface area contributed by atoms with E-state index < -0.39 is 0 Å². The molecule has 1 aromatic carbocycles. The van der Waals surface area contributed by atoms with Gasteiger partial charge in [-0.05, 0) is 56.1 Å². The van der Waals surface area contributed by atoms with Crippen LogP contribution in [0.4, 0.5) is 0 Å². The molecular weight excluding hydrogens is 314 g/mol. The second-order valence-electron chi connectivity index (χ2n) is 7.62. The first kappa shape index (κ1) is 17.0. The minimum atomic E-state index is 0.0675. The largest absolute Gasteiger partial charge is 0.381 e. The first-order valence-corrected chi connectivity index (χ1v) is 9.91. The summed E-state index contributed by atoms with van der Waals surface area (Å²) in [6.45, 7) is 3.32. The minimum absolute atomic E-state index is 0.0675. The molecule has 0 saturated carbocycles. The van der Waals surface area contributed by atoms with Crippen molar-refractivity contribution in [3.05, 3.63) is 35.4 Å². The van der Waals surface area contributed by atoms with Crippen molar-refractivity contribution in [3.63, 3.8) is 0 Å². The van der Waals surface area contributed by atoms with E-state index in [0.29, 0.717) is 18.1 Å². The molecule has 4 heteroatoms. The lowest BCUT2D eigenvalue weighted by atomic mass is 9.82. The van der Waals surface area contributed by atoms with Crippen molar-refractivity contribution in [3.8, 4) is 0 Å². The van der Waals surface area contributed by atoms with Crippen molar-refractivity contribution in [2.45, 2.75) is 63.1 Å². The van der Waals surface area contributed by atoms with Gasteiger partial charge in [-0.25, -0.2) is 0 Å². The van der Waals surface area contributed by atoms with Crippen molar-refractivity contribution >= 4 is 5.91 Å². The van der Waals surface area contributed by atoms with Crippen LogP contribution in [0.25, 0.3) is 0 Å². The number of hydrogen-bond acceptors (Lipinski definition) is 3. The molecule has 1 aromatic rings. The van der Waals surface area contributed by atoms with Gasteiger partial charge in [-0.15, -0.1) is 0 Å². The summed E-state index contributed by atoms with van der Waals surface area (Å²) >= 11 is 0. The molecule has 4 rings (SSSR count). The van der Waals surface area contributed by atoms with Crippen molar-refractivity contribution < 1.29 is 14.3 Å². The molecule has 25 heavy (non-hydrogen) atoms. The fraction of sp³-hybridized carbons (Fsp3) is 0.667. The van der Waals surface area contributed by atoms with Crippen molar-refractivity contribution in [2.24, 2.45) is 0 Å². The number of nitrogens with zero attached hydrogens (tertiary/aromatic N) is 1. The molecule has 2 heterocycles. The van der Waals surface area contributed by atoms with Crippen LogP contribution >= 0.6 is 0 Å². The van der Waals surface area contributed by atoms with Gasteiger partial charge in [0.05, 0.1) is 18.1 Å². The maximum absolute atomic E-state index is 13.1. The Morgan fingerprint density at radius 2 is 1.72 bits per heavy atom. The molecule has 0 spiro atoms. The molecule has 0 radical (unpaired) electrons. The van der Waals surface area contributed by atoms with Crippen molar-refractivity contribution in [1.82, 2.24) is 4.90 Å². The lowest BCUT2D eigenvalue weighted by molar-refractivity contribution is -0.137. The van der Waals surface area contributed by atoms with Crippen LogP contribution in [0.3, 0.4) is 0 Å². The predicted molar refractivity (Wildman–Crippen MR) is 96.6 cm³/mol. The van der Waals surface area contributed by atoms with Crippen LogP contribution in [-0.4, -0.2) is 49.3 Å². The molecule has 0 aromatic heterocycles. The van der Waals surface area contributed by atoms with Crippen LogP contribution < -0.4 is 0 Å². The molecule has 0 bridgehead atoms. The van der Waals surface area contributed by atoms with E-state index >= 15 is 0 Å². The van der Waals surface area contributed by atoms with E-state index in [1.807, 2.05) is 0 Å². The Kier molecular flexibility index (Phi) is 5.37. The number of rotatable bonds is 3. The molecule has 1 aliphatic carbocycles. The Labute approximate surface area is 150 Å². The molecule has 0 unspecified atom stereocenters. The Hall–Kier alpha value is -1.39. The van der Waals surface area contributed by atoms with E-state index in [0.717, 1.165) is 71.2 Å². The van der Waals surface area contributed by atoms with Gasteiger partial charge in [0.25, 0.3) is 0 Å². The fourth-order valence-electron chi connectivity index (χ4n) is 4.53. The number of aryl methyl sites for hydroxylation is 1. The number of carbonyl (C=O) groups is 1. The van der Waals surface area contributed by atoms with E-state index in [1.165, 1.54) is 11.1 Å². The summed E-state index contributed by atoms with van der Waals surface area (Å²) in [7, 11) is 0. The highest BCUT2D eigenvalue weighted by Gasteiger charge is 2.32. The quantitative estimate of drug-likeness (QED) is 0.845. The molecule has 1 amide bonds. The average Bonchev–Trinajstić information content (AvgIpc) is 2.68. The number of ether oxygens (including phenoxy) is 2. The van der Waals surface area contributed by atoms with E-state index in [4.69, 9.17) is 9.47 Å². The molecule has 0 N–H and O–H groups in total. The number of likely N-dealkylation sites (tertiary alicyclic amines) is 1. The van der Waals surface area contributed by atoms with Crippen LogP contribution in [0.2, 0.25) is 0 Å². The monoisotopic (exact) mass is 343 g/mol. The third-order valence-electron chi connectivity index (χ3n) is 5.97. The summed E-state index contributed by atoms with van der Waals surface area (Å²) < 4.78 is 11.6. The van der Waals surface area contributed by atoms with Gasteiger partial charge in [0.15, 0.2) is 0 Å². The van der Waals surface area contributed by atoms with Gasteiger partial charge in [-0.2, -0.15) is 0 Å². The highest BCUT2D eigenvalue weighted by atomic mass is 16.5. The summed E-state index contributed by atoms with van der Waals surface area (Å²) in [6, 6.07) is 8.49. The zero-order valence-electron chi connectivity index (χ0n) is 15.0. The SMILES string of the molecule is O=C([C@H]1CCCc2ccccc21)N1CCC(OC2CCOCC2)CC1. The lowest BCUT2D eigenvalue weighted by Crippen LogP contribution is -2.44. The van der Waals surface area contributed by atoms with Gasteiger partial charge >= 0.3 is 0 Å². The Morgan fingerprint density at radius 3 is 2.52 bits per heavy atom. The predicted octanol–water partition coefficient (Wildman–Crippen LogP) is 3.29. The summed E-state index contributed by atoms with van der Waals surface area (Å²) in [5.74, 6) is 0.398. The van der Waals surface area contributed by atoms with Crippen LogP contribution in [0.5, 0.6) is 0 Å². The summed E-state index contributed by atoms with van der Waals surface area (Å²) in [5, 5.41) is 0. The highest BCUT2D eigenvalue weighted by molar-refractivity contribution is 5.84. The number of benzene rings is 1. The minimum Gasteiger partial charge on any atom is -0.381 e. The Balaban J connectivity index is 1.32. The lowest BCUT2D eigenvalue weighted by Gasteiger charge is -2.37. The zero-order valence-corrected chi connectivity index (χ0v) is 15.0. The molecule has 3 aliphatic rings. The van der Waals surface area contributed by atoms with E-state index in [9.17, 15) is 4.79 Å². The maximum atomic E-state index is 13.1. The molecule has 1 atom stereocenters. The van der Waals surface area contributed by atoms with Gasteiger partial charge in [0.1, 0.15) is 0 Å². The standard InChI is InChI=1S/C21H29NO3/c23-21(20-7-3-5-16-4-1-2-6-19(16)20)22-12-8-17(9-13-22)25-18-10-14-24-15-11-18/h1-2,4,6,17-18,20H,3,5,7-15H2/t20-/m0/s1. The molecule has 2 fully saturated rings. The topological polar surface area (TPSA) is 38.8 Å². The highest BCUT2D eigenvalue weighted by Crippen LogP contribution is 2.33. The van der Waals surface area contributed by atoms with E-state index in [-0.39, 0.29) is 5.92 Å². The van der Waals surface area contributed by atoms with Gasteiger partial charge in [0.2, 0.25) is 5.91 Å². The second-order valence-corrected chi connectivity index (χ2v) is 7.62. The van der Waals surface area contributed by atoms with Crippen molar-refractivity contribution in [1.29, 1.82) is 0 Å². The first-order valence-electron chi connectivity index (χ1n) is 9.91. The first-order chi connectivity index (χ1) is 12.3. The normalized spacial score (nSPS) is 25.6. The molecule has 4 nitrogen and oxygen atoms in total. The number of hydrogen-bond donors (Lipinski definition) is 0. The fourth-order valence-corrected chi connectivity index (χ4v) is 4.53. The van der Waals surface area contributed by atoms with Crippen LogP contribution in [-0.2, 0) is 20.7 Å². The Morgan fingerprint density at radius 1 is 1.00 bits per heavy atom.